The number of hydrogen-bond acceptors (Lipinski definition) is 5. The Morgan fingerprint density at radius 3 is 2.83 bits per heavy atom. The third-order valence-corrected chi connectivity index (χ3v) is 1.29. The molecule has 0 radical (unpaired) electrons. The van der Waals surface area contributed by atoms with Crippen molar-refractivity contribution in [3.63, 3.8) is 0 Å². The van der Waals surface area contributed by atoms with Gasteiger partial charge in [0.2, 0.25) is 11.8 Å². The van der Waals surface area contributed by atoms with E-state index in [9.17, 15) is 0 Å². The summed E-state index contributed by atoms with van der Waals surface area (Å²) < 4.78 is 10.3. The molecule has 68 valence electrons. The molecule has 0 fully saturated rings. The number of aryl methyl sites for hydroxylation is 1. The van der Waals surface area contributed by atoms with Crippen molar-refractivity contribution >= 4 is 0 Å². The minimum absolute atomic E-state index is 0.545. The fraction of sp³-hybridized carbons (Fsp3) is 0.714. The molecule has 5 heteroatoms. The van der Waals surface area contributed by atoms with Crippen molar-refractivity contribution in [3.8, 4) is 0 Å². The van der Waals surface area contributed by atoms with Gasteiger partial charge in [-0.1, -0.05) is 0 Å². The van der Waals surface area contributed by atoms with Crippen molar-refractivity contribution in [1.82, 2.24) is 10.2 Å². The first-order valence-electron chi connectivity index (χ1n) is 3.89. The first kappa shape index (κ1) is 9.15. The fourth-order valence-corrected chi connectivity index (χ4v) is 0.783. The maximum Gasteiger partial charge on any atom is 0.218 e. The Morgan fingerprint density at radius 2 is 2.25 bits per heavy atom. The third kappa shape index (κ3) is 2.98. The summed E-state index contributed by atoms with van der Waals surface area (Å²) in [5.74, 6) is 1.20. The summed E-state index contributed by atoms with van der Waals surface area (Å²) in [7, 11) is 0. The van der Waals surface area contributed by atoms with Crippen LogP contribution in [0.4, 0.5) is 0 Å². The van der Waals surface area contributed by atoms with E-state index in [0.717, 1.165) is 0 Å². The van der Waals surface area contributed by atoms with Gasteiger partial charge in [-0.25, -0.2) is 0 Å². The van der Waals surface area contributed by atoms with E-state index in [-0.39, 0.29) is 0 Å². The largest absolute Gasteiger partial charge is 0.426 e. The summed E-state index contributed by atoms with van der Waals surface area (Å²) in [6, 6.07) is 0. The van der Waals surface area contributed by atoms with Crippen molar-refractivity contribution in [1.29, 1.82) is 0 Å². The van der Waals surface area contributed by atoms with E-state index in [0.29, 0.717) is 38.0 Å². The Hall–Kier alpha value is -0.940. The van der Waals surface area contributed by atoms with Gasteiger partial charge < -0.3 is 14.9 Å². The highest BCUT2D eigenvalue weighted by Crippen LogP contribution is 1.98. The van der Waals surface area contributed by atoms with Crippen LogP contribution in [0.3, 0.4) is 0 Å². The van der Waals surface area contributed by atoms with Gasteiger partial charge in [0.05, 0.1) is 13.2 Å². The van der Waals surface area contributed by atoms with Crippen LogP contribution in [-0.2, 0) is 11.2 Å². The van der Waals surface area contributed by atoms with Crippen LogP contribution in [0.1, 0.15) is 11.8 Å². The molecule has 1 rings (SSSR count). The van der Waals surface area contributed by atoms with Gasteiger partial charge in [0.15, 0.2) is 0 Å². The summed E-state index contributed by atoms with van der Waals surface area (Å²) >= 11 is 0. The lowest BCUT2D eigenvalue weighted by molar-refractivity contribution is 0.140. The number of nitrogens with two attached hydrogens (primary N) is 1. The van der Waals surface area contributed by atoms with Crippen molar-refractivity contribution in [2.75, 3.05) is 19.8 Å². The van der Waals surface area contributed by atoms with Gasteiger partial charge in [-0.15, -0.1) is 10.2 Å². The van der Waals surface area contributed by atoms with Crippen LogP contribution in [0, 0.1) is 6.92 Å². The van der Waals surface area contributed by atoms with E-state index in [1.807, 2.05) is 0 Å². The van der Waals surface area contributed by atoms with Crippen molar-refractivity contribution < 1.29 is 9.15 Å². The molecule has 0 atom stereocenters. The Labute approximate surface area is 70.9 Å². The van der Waals surface area contributed by atoms with E-state index in [2.05, 4.69) is 10.2 Å². The zero-order valence-electron chi connectivity index (χ0n) is 7.12. The van der Waals surface area contributed by atoms with Gasteiger partial charge in [-0.05, 0) is 0 Å². The molecule has 0 amide bonds. The molecule has 0 aliphatic heterocycles. The minimum Gasteiger partial charge on any atom is -0.426 e. The van der Waals surface area contributed by atoms with Crippen LogP contribution < -0.4 is 5.73 Å². The molecule has 1 aromatic rings. The Kier molecular flexibility index (Phi) is 3.69. The minimum atomic E-state index is 0.545. The van der Waals surface area contributed by atoms with E-state index >= 15 is 0 Å². The highest BCUT2D eigenvalue weighted by Gasteiger charge is 2.00. The topological polar surface area (TPSA) is 74.2 Å². The lowest BCUT2D eigenvalue weighted by atomic mass is 10.4. The highest BCUT2D eigenvalue weighted by atomic mass is 16.5. The molecular weight excluding hydrogens is 158 g/mol. The SMILES string of the molecule is Cc1nnc(CCOCCN)o1. The molecular formula is C7H13N3O2. The molecule has 0 aliphatic carbocycles. The number of ether oxygens (including phenoxy) is 1. The monoisotopic (exact) mass is 171 g/mol. The first-order valence-corrected chi connectivity index (χ1v) is 3.89. The standard InChI is InChI=1S/C7H13N3O2/c1-6-9-10-7(12-6)2-4-11-5-3-8/h2-5,8H2,1H3. The lowest BCUT2D eigenvalue weighted by Crippen LogP contribution is -2.10. The van der Waals surface area contributed by atoms with Crippen molar-refractivity contribution in [2.45, 2.75) is 13.3 Å². The molecule has 0 spiro atoms. The lowest BCUT2D eigenvalue weighted by Gasteiger charge is -1.97. The molecule has 0 saturated carbocycles. The fourth-order valence-electron chi connectivity index (χ4n) is 0.783. The Morgan fingerprint density at radius 1 is 1.42 bits per heavy atom. The molecule has 0 unspecified atom stereocenters. The zero-order valence-corrected chi connectivity index (χ0v) is 7.12. The first-order chi connectivity index (χ1) is 5.83. The number of rotatable bonds is 5. The second-order valence-corrected chi connectivity index (χ2v) is 2.37. The third-order valence-electron chi connectivity index (χ3n) is 1.29. The average Bonchev–Trinajstić information content (AvgIpc) is 2.45. The van der Waals surface area contributed by atoms with Gasteiger partial charge in [0.1, 0.15) is 0 Å². The summed E-state index contributed by atoms with van der Waals surface area (Å²) in [6.07, 6.45) is 0.654. The van der Waals surface area contributed by atoms with E-state index in [1.54, 1.807) is 6.92 Å². The second kappa shape index (κ2) is 4.84. The van der Waals surface area contributed by atoms with Crippen molar-refractivity contribution in [2.24, 2.45) is 5.73 Å². The molecule has 0 aliphatic rings. The molecule has 5 nitrogen and oxygen atoms in total. The highest BCUT2D eigenvalue weighted by molar-refractivity contribution is 4.78. The van der Waals surface area contributed by atoms with Crippen LogP contribution in [0.15, 0.2) is 4.42 Å². The van der Waals surface area contributed by atoms with E-state index in [1.165, 1.54) is 0 Å². The van der Waals surface area contributed by atoms with Crippen LogP contribution in [0.5, 0.6) is 0 Å². The molecule has 0 aromatic carbocycles. The maximum atomic E-state index is 5.24. The predicted molar refractivity (Wildman–Crippen MR) is 42.6 cm³/mol. The summed E-state index contributed by atoms with van der Waals surface area (Å²) in [4.78, 5) is 0. The number of nitrogens with zero attached hydrogens (tertiary/aromatic N) is 2. The van der Waals surface area contributed by atoms with Crippen LogP contribution >= 0.6 is 0 Å². The molecule has 1 heterocycles. The zero-order chi connectivity index (χ0) is 8.81. The van der Waals surface area contributed by atoms with Gasteiger partial charge in [-0.3, -0.25) is 0 Å². The van der Waals surface area contributed by atoms with Crippen LogP contribution in [0.2, 0.25) is 0 Å². The maximum absolute atomic E-state index is 5.24. The number of aromatic nitrogens is 2. The summed E-state index contributed by atoms with van der Waals surface area (Å²) in [5, 5.41) is 7.50. The normalized spacial score (nSPS) is 10.5. The quantitative estimate of drug-likeness (QED) is 0.626. The van der Waals surface area contributed by atoms with E-state index < -0.39 is 0 Å². The van der Waals surface area contributed by atoms with Gasteiger partial charge in [0, 0.05) is 19.9 Å². The van der Waals surface area contributed by atoms with E-state index in [4.69, 9.17) is 14.9 Å². The Bertz CT molecular complexity index is 224. The van der Waals surface area contributed by atoms with Crippen LogP contribution in [-0.4, -0.2) is 30.0 Å². The second-order valence-electron chi connectivity index (χ2n) is 2.37. The molecule has 1 aromatic heterocycles. The van der Waals surface area contributed by atoms with Crippen LogP contribution in [0.25, 0.3) is 0 Å². The Balaban J connectivity index is 2.15. The smallest absolute Gasteiger partial charge is 0.218 e. The molecule has 0 bridgehead atoms. The molecule has 2 N–H and O–H groups in total. The molecule has 0 saturated heterocycles. The predicted octanol–water partition coefficient (Wildman–Crippen LogP) is -0.104. The van der Waals surface area contributed by atoms with Gasteiger partial charge in [0.25, 0.3) is 0 Å². The van der Waals surface area contributed by atoms with Crippen molar-refractivity contribution in [3.05, 3.63) is 11.8 Å². The summed E-state index contributed by atoms with van der Waals surface area (Å²) in [5.41, 5.74) is 5.24. The summed E-state index contributed by atoms with van der Waals surface area (Å²) in [6.45, 7) is 3.46. The van der Waals surface area contributed by atoms with Gasteiger partial charge in [-0.2, -0.15) is 0 Å². The van der Waals surface area contributed by atoms with Gasteiger partial charge >= 0.3 is 0 Å². The molecule has 12 heavy (non-hydrogen) atoms. The average molecular weight is 171 g/mol. The number of hydrogen-bond donors (Lipinski definition) is 1.